The fourth-order valence-electron chi connectivity index (χ4n) is 1.91. The lowest BCUT2D eigenvalue weighted by Gasteiger charge is -2.06. The highest BCUT2D eigenvalue weighted by molar-refractivity contribution is 8.13. The molecule has 0 spiro atoms. The first-order chi connectivity index (χ1) is 9.72. The second kappa shape index (κ2) is 7.11. The molecule has 0 aliphatic carbocycles. The van der Waals surface area contributed by atoms with E-state index in [9.17, 15) is 4.79 Å². The van der Waals surface area contributed by atoms with Crippen LogP contribution in [0.4, 0.5) is 0 Å². The van der Waals surface area contributed by atoms with Crippen LogP contribution in [0.2, 0.25) is 0 Å². The molecule has 0 fully saturated rings. The molecule has 1 heterocycles. The van der Waals surface area contributed by atoms with Gasteiger partial charge in [-0.3, -0.25) is 4.79 Å². The molecule has 0 saturated heterocycles. The number of benzene rings is 1. The molecular weight excluding hydrogens is 272 g/mol. The van der Waals surface area contributed by atoms with Crippen LogP contribution in [-0.4, -0.2) is 22.7 Å². The number of nitrogens with zero attached hydrogens (tertiary/aromatic N) is 2. The highest BCUT2D eigenvalue weighted by Gasteiger charge is 2.24. The van der Waals surface area contributed by atoms with Gasteiger partial charge in [0.1, 0.15) is 6.10 Å². The van der Waals surface area contributed by atoms with Crippen molar-refractivity contribution in [3.05, 3.63) is 35.4 Å². The molecule has 0 N–H and O–H groups in total. The molecule has 0 radical (unpaired) electrons. The lowest BCUT2D eigenvalue weighted by atomic mass is 10.0. The van der Waals surface area contributed by atoms with Gasteiger partial charge in [-0.1, -0.05) is 36.0 Å². The predicted octanol–water partition coefficient (Wildman–Crippen LogP) is 3.11. The predicted molar refractivity (Wildman–Crippen MR) is 79.6 cm³/mol. The number of rotatable bonds is 5. The maximum Gasteiger partial charge on any atom is 0.192 e. The van der Waals surface area contributed by atoms with E-state index >= 15 is 0 Å². The van der Waals surface area contributed by atoms with Crippen LogP contribution in [0.15, 0.2) is 29.4 Å². The molecule has 1 aliphatic rings. The van der Waals surface area contributed by atoms with Gasteiger partial charge in [0.15, 0.2) is 5.12 Å². The monoisotopic (exact) mass is 288 g/mol. The average Bonchev–Trinajstić information content (AvgIpc) is 2.93. The minimum atomic E-state index is -0.155. The van der Waals surface area contributed by atoms with Gasteiger partial charge >= 0.3 is 0 Å². The Kier molecular flexibility index (Phi) is 5.19. The average molecular weight is 288 g/mol. The quantitative estimate of drug-likeness (QED) is 0.835. The zero-order valence-corrected chi connectivity index (χ0v) is 12.2. The molecule has 0 bridgehead atoms. The van der Waals surface area contributed by atoms with Crippen LogP contribution < -0.4 is 0 Å². The molecule has 1 atom stereocenters. The van der Waals surface area contributed by atoms with Crippen molar-refractivity contribution in [3.8, 4) is 6.07 Å². The smallest absolute Gasteiger partial charge is 0.192 e. The van der Waals surface area contributed by atoms with Crippen LogP contribution in [0.1, 0.15) is 37.3 Å². The van der Waals surface area contributed by atoms with Crippen LogP contribution in [0.5, 0.6) is 0 Å². The Morgan fingerprint density at radius 2 is 2.25 bits per heavy atom. The van der Waals surface area contributed by atoms with Gasteiger partial charge in [-0.15, -0.1) is 0 Å². The fourth-order valence-corrected chi connectivity index (χ4v) is 2.64. The van der Waals surface area contributed by atoms with Crippen molar-refractivity contribution in [2.75, 3.05) is 5.75 Å². The number of carbonyl (C=O) groups excluding carboxylic acids is 1. The molecule has 0 amide bonds. The lowest BCUT2D eigenvalue weighted by molar-refractivity contribution is -0.113. The van der Waals surface area contributed by atoms with Gasteiger partial charge in [0.25, 0.3) is 0 Å². The van der Waals surface area contributed by atoms with Crippen molar-refractivity contribution in [1.82, 2.24) is 0 Å². The third-order valence-corrected chi connectivity index (χ3v) is 4.04. The van der Waals surface area contributed by atoms with Gasteiger partial charge in [0.05, 0.1) is 23.8 Å². The van der Waals surface area contributed by atoms with Crippen LogP contribution in [0, 0.1) is 11.3 Å². The van der Waals surface area contributed by atoms with Crippen LogP contribution in [0.3, 0.4) is 0 Å². The van der Waals surface area contributed by atoms with E-state index in [1.807, 2.05) is 12.1 Å². The van der Waals surface area contributed by atoms with E-state index in [1.54, 1.807) is 12.1 Å². The van der Waals surface area contributed by atoms with Gasteiger partial charge in [-0.05, 0) is 24.1 Å². The molecule has 104 valence electrons. The van der Waals surface area contributed by atoms with E-state index in [-0.39, 0.29) is 11.2 Å². The fraction of sp³-hybridized carbons (Fsp3) is 0.400. The van der Waals surface area contributed by atoms with Crippen molar-refractivity contribution in [2.24, 2.45) is 5.16 Å². The summed E-state index contributed by atoms with van der Waals surface area (Å²) in [6, 6.07) is 9.31. The van der Waals surface area contributed by atoms with E-state index in [4.69, 9.17) is 10.1 Å². The van der Waals surface area contributed by atoms with Gasteiger partial charge < -0.3 is 4.84 Å². The summed E-state index contributed by atoms with van der Waals surface area (Å²) in [4.78, 5) is 17.0. The van der Waals surface area contributed by atoms with Crippen LogP contribution >= 0.6 is 11.8 Å². The standard InChI is InChI=1S/C15H16N2O2S/c1-2-7-20-15(18)9-13-8-14(17-19-13)12-5-3-11(10-16)4-6-12/h3-6,13H,2,7-9H2,1H3/t13-/m0/s1. The first-order valence-corrected chi connectivity index (χ1v) is 7.60. The molecule has 0 aromatic heterocycles. The molecule has 1 aromatic carbocycles. The molecule has 1 aliphatic heterocycles. The molecule has 1 aromatic rings. The molecular formula is C15H16N2O2S. The van der Waals surface area contributed by atoms with Crippen molar-refractivity contribution >= 4 is 22.6 Å². The summed E-state index contributed by atoms with van der Waals surface area (Å²) in [5, 5.41) is 13.0. The summed E-state index contributed by atoms with van der Waals surface area (Å²) in [6.45, 7) is 2.05. The van der Waals surface area contributed by atoms with Gasteiger partial charge in [-0.2, -0.15) is 5.26 Å². The second-order valence-electron chi connectivity index (χ2n) is 4.58. The third-order valence-electron chi connectivity index (χ3n) is 2.94. The van der Waals surface area contributed by atoms with Crippen LogP contribution in [-0.2, 0) is 9.63 Å². The Hall–Kier alpha value is -1.80. The Labute approximate surface area is 122 Å². The minimum absolute atomic E-state index is 0.155. The third kappa shape index (κ3) is 3.84. The van der Waals surface area contributed by atoms with Gasteiger partial charge in [0.2, 0.25) is 0 Å². The number of oxime groups is 1. The van der Waals surface area contributed by atoms with Crippen LogP contribution in [0.25, 0.3) is 0 Å². The van der Waals surface area contributed by atoms with E-state index in [1.165, 1.54) is 11.8 Å². The van der Waals surface area contributed by atoms with Crippen molar-refractivity contribution < 1.29 is 9.63 Å². The van der Waals surface area contributed by atoms with E-state index in [0.29, 0.717) is 18.4 Å². The zero-order valence-electron chi connectivity index (χ0n) is 11.3. The Morgan fingerprint density at radius 3 is 2.90 bits per heavy atom. The number of hydrogen-bond donors (Lipinski definition) is 0. The van der Waals surface area contributed by atoms with E-state index < -0.39 is 0 Å². The lowest BCUT2D eigenvalue weighted by Crippen LogP contribution is -2.12. The Balaban J connectivity index is 1.88. The summed E-state index contributed by atoms with van der Waals surface area (Å²) >= 11 is 1.36. The first kappa shape index (κ1) is 14.6. The topological polar surface area (TPSA) is 62.5 Å². The molecule has 0 unspecified atom stereocenters. The summed E-state index contributed by atoms with van der Waals surface area (Å²) < 4.78 is 0. The summed E-state index contributed by atoms with van der Waals surface area (Å²) in [5.74, 6) is 0.856. The Morgan fingerprint density at radius 1 is 1.50 bits per heavy atom. The SMILES string of the molecule is CCCSC(=O)C[C@@H]1CC(c2ccc(C#N)cc2)=NO1. The molecule has 0 saturated carbocycles. The van der Waals surface area contributed by atoms with Crippen molar-refractivity contribution in [1.29, 1.82) is 5.26 Å². The highest BCUT2D eigenvalue weighted by Crippen LogP contribution is 2.21. The first-order valence-electron chi connectivity index (χ1n) is 6.61. The van der Waals surface area contributed by atoms with Crippen molar-refractivity contribution in [3.63, 3.8) is 0 Å². The molecule has 5 heteroatoms. The highest BCUT2D eigenvalue weighted by atomic mass is 32.2. The van der Waals surface area contributed by atoms with Gasteiger partial charge in [-0.25, -0.2) is 0 Å². The van der Waals surface area contributed by atoms with E-state index in [2.05, 4.69) is 18.1 Å². The summed E-state index contributed by atoms with van der Waals surface area (Å²) in [5.41, 5.74) is 2.41. The number of thioether (sulfide) groups is 1. The Bertz CT molecular complexity index is 546. The largest absolute Gasteiger partial charge is 0.391 e. The summed E-state index contributed by atoms with van der Waals surface area (Å²) in [7, 11) is 0. The van der Waals surface area contributed by atoms with Gasteiger partial charge in [0, 0.05) is 12.2 Å². The maximum absolute atomic E-state index is 11.7. The minimum Gasteiger partial charge on any atom is -0.391 e. The van der Waals surface area contributed by atoms with E-state index in [0.717, 1.165) is 23.4 Å². The summed E-state index contributed by atoms with van der Waals surface area (Å²) in [6.07, 6.45) is 1.88. The normalized spacial score (nSPS) is 17.2. The number of hydrogen-bond acceptors (Lipinski definition) is 5. The van der Waals surface area contributed by atoms with Crippen molar-refractivity contribution in [2.45, 2.75) is 32.3 Å². The second-order valence-corrected chi connectivity index (χ2v) is 5.74. The number of nitriles is 1. The maximum atomic E-state index is 11.7. The molecule has 20 heavy (non-hydrogen) atoms. The molecule has 2 rings (SSSR count). The molecule has 4 nitrogen and oxygen atoms in total. The zero-order chi connectivity index (χ0) is 14.4. The number of carbonyl (C=O) groups is 1.